The number of carbonyl (C=O) groups is 2. The highest BCUT2D eigenvalue weighted by Crippen LogP contribution is 2.27. The lowest BCUT2D eigenvalue weighted by atomic mass is 10.2. The molecule has 0 aliphatic rings. The van der Waals surface area contributed by atoms with Crippen LogP contribution in [0.5, 0.6) is 5.75 Å². The van der Waals surface area contributed by atoms with E-state index in [4.69, 9.17) is 32.7 Å². The number of amides is 1. The highest BCUT2D eigenvalue weighted by atomic mass is 35.5. The van der Waals surface area contributed by atoms with E-state index >= 15 is 0 Å². The Bertz CT molecular complexity index is 1140. The monoisotopic (exact) mass is 522 g/mol. The molecular weight excluding hydrogens is 499 g/mol. The molecule has 1 heterocycles. The fourth-order valence-corrected chi connectivity index (χ4v) is 4.12. The first-order valence-corrected chi connectivity index (χ1v) is 12.3. The van der Waals surface area contributed by atoms with Crippen LogP contribution < -0.4 is 10.1 Å². The normalized spacial score (nSPS) is 10.7. The lowest BCUT2D eigenvalue weighted by Gasteiger charge is -2.08. The second-order valence-electron chi connectivity index (χ2n) is 7.12. The Balaban J connectivity index is 1.43. The van der Waals surface area contributed by atoms with Gasteiger partial charge in [-0.15, -0.1) is 10.2 Å². The van der Waals surface area contributed by atoms with Gasteiger partial charge in [0.25, 0.3) is 0 Å². The molecule has 1 N–H and O–H groups in total. The van der Waals surface area contributed by atoms with E-state index in [0.717, 1.165) is 12.2 Å². The maximum atomic E-state index is 12.3. The Labute approximate surface area is 211 Å². The molecule has 2 aromatic carbocycles. The number of ether oxygens (including phenoxy) is 2. The van der Waals surface area contributed by atoms with E-state index in [9.17, 15) is 9.59 Å². The van der Waals surface area contributed by atoms with Crippen LogP contribution in [0.1, 0.15) is 29.5 Å². The van der Waals surface area contributed by atoms with Crippen molar-refractivity contribution in [3.05, 3.63) is 63.9 Å². The molecule has 0 fully saturated rings. The van der Waals surface area contributed by atoms with E-state index in [1.54, 1.807) is 49.4 Å². The number of hydrogen-bond donors (Lipinski definition) is 1. The predicted octanol–water partition coefficient (Wildman–Crippen LogP) is 5.04. The summed E-state index contributed by atoms with van der Waals surface area (Å²) in [5.74, 6) is 0.968. The number of benzene rings is 2. The van der Waals surface area contributed by atoms with Crippen molar-refractivity contribution in [2.45, 2.75) is 24.9 Å². The fourth-order valence-electron chi connectivity index (χ4n) is 2.92. The average Bonchev–Trinajstić information content (AvgIpc) is 3.16. The number of aromatic nitrogens is 3. The van der Waals surface area contributed by atoms with Crippen LogP contribution in [-0.2, 0) is 23.0 Å². The Morgan fingerprint density at radius 3 is 2.59 bits per heavy atom. The third-order valence-corrected chi connectivity index (χ3v) is 6.18. The molecule has 3 aromatic rings. The molecule has 0 atom stereocenters. The minimum atomic E-state index is -0.394. The summed E-state index contributed by atoms with van der Waals surface area (Å²) in [7, 11) is 1.86. The minimum absolute atomic E-state index is 0.170. The number of halogens is 2. The van der Waals surface area contributed by atoms with Crippen LogP contribution in [0.4, 0.5) is 5.69 Å². The third-order valence-electron chi connectivity index (χ3n) is 4.63. The second-order valence-corrected chi connectivity index (χ2v) is 8.91. The summed E-state index contributed by atoms with van der Waals surface area (Å²) in [5.41, 5.74) is 1.03. The van der Waals surface area contributed by atoms with Crippen molar-refractivity contribution < 1.29 is 19.1 Å². The summed E-state index contributed by atoms with van der Waals surface area (Å²) in [6, 6.07) is 11.6. The number of anilines is 1. The highest BCUT2D eigenvalue weighted by molar-refractivity contribution is 7.99. The van der Waals surface area contributed by atoms with Gasteiger partial charge in [0.2, 0.25) is 5.91 Å². The van der Waals surface area contributed by atoms with Crippen LogP contribution in [0.3, 0.4) is 0 Å². The van der Waals surface area contributed by atoms with Crippen molar-refractivity contribution in [2.24, 2.45) is 7.05 Å². The van der Waals surface area contributed by atoms with Crippen molar-refractivity contribution in [1.29, 1.82) is 0 Å². The van der Waals surface area contributed by atoms with Gasteiger partial charge in [-0.2, -0.15) is 0 Å². The van der Waals surface area contributed by atoms with Gasteiger partial charge in [-0.05, 0) is 55.8 Å². The van der Waals surface area contributed by atoms with Crippen molar-refractivity contribution >= 4 is 52.5 Å². The van der Waals surface area contributed by atoms with Gasteiger partial charge in [0.1, 0.15) is 11.6 Å². The van der Waals surface area contributed by atoms with E-state index in [-0.39, 0.29) is 11.7 Å². The molecule has 0 saturated heterocycles. The smallest absolute Gasteiger partial charge is 0.338 e. The zero-order valence-electron chi connectivity index (χ0n) is 18.7. The Morgan fingerprint density at radius 2 is 1.88 bits per heavy atom. The maximum Gasteiger partial charge on any atom is 0.338 e. The van der Waals surface area contributed by atoms with Gasteiger partial charge in [0.15, 0.2) is 5.16 Å². The number of rotatable bonds is 11. The minimum Gasteiger partial charge on any atom is -0.492 e. The molecule has 0 aliphatic carbocycles. The molecular formula is C23H24Cl2N4O4S. The largest absolute Gasteiger partial charge is 0.492 e. The Hall–Kier alpha value is -2.75. The molecule has 1 aromatic heterocycles. The summed E-state index contributed by atoms with van der Waals surface area (Å²) < 4.78 is 12.5. The van der Waals surface area contributed by atoms with Crippen LogP contribution in [0.2, 0.25) is 10.0 Å². The van der Waals surface area contributed by atoms with Crippen molar-refractivity contribution in [1.82, 2.24) is 14.8 Å². The molecule has 3 rings (SSSR count). The van der Waals surface area contributed by atoms with Crippen molar-refractivity contribution in [2.75, 3.05) is 24.3 Å². The Kier molecular flexibility index (Phi) is 9.62. The maximum absolute atomic E-state index is 12.3. The molecule has 0 bridgehead atoms. The summed E-state index contributed by atoms with van der Waals surface area (Å²) in [4.78, 5) is 24.0. The predicted molar refractivity (Wildman–Crippen MR) is 133 cm³/mol. The van der Waals surface area contributed by atoms with E-state index in [1.807, 2.05) is 11.6 Å². The summed E-state index contributed by atoms with van der Waals surface area (Å²) in [6.45, 7) is 2.52. The fraction of sp³-hybridized carbons (Fsp3) is 0.304. The van der Waals surface area contributed by atoms with Crippen molar-refractivity contribution in [3.63, 3.8) is 0 Å². The first-order chi connectivity index (χ1) is 16.4. The number of nitrogens with one attached hydrogen (secondary N) is 1. The average molecular weight is 523 g/mol. The first-order valence-electron chi connectivity index (χ1n) is 10.5. The van der Waals surface area contributed by atoms with E-state index < -0.39 is 5.97 Å². The quantitative estimate of drug-likeness (QED) is 0.214. The summed E-state index contributed by atoms with van der Waals surface area (Å²) in [6.07, 6.45) is 1.38. The van der Waals surface area contributed by atoms with E-state index in [1.165, 1.54) is 11.8 Å². The number of carbonyl (C=O) groups excluding carboxylic acids is 2. The van der Waals surface area contributed by atoms with Crippen LogP contribution in [0.15, 0.2) is 47.6 Å². The molecule has 34 heavy (non-hydrogen) atoms. The summed E-state index contributed by atoms with van der Waals surface area (Å²) >= 11 is 13.3. The number of hydrogen-bond acceptors (Lipinski definition) is 7. The number of esters is 1. The molecule has 0 unspecified atom stereocenters. The van der Waals surface area contributed by atoms with Gasteiger partial charge >= 0.3 is 5.97 Å². The number of nitrogens with zero attached hydrogens (tertiary/aromatic N) is 3. The SMILES string of the molecule is CCOC(=O)c1ccc(NC(=O)CSc2nnc(CCCOc3ccc(Cl)cc3Cl)n2C)cc1. The third kappa shape index (κ3) is 7.38. The molecule has 1 amide bonds. The zero-order valence-corrected chi connectivity index (χ0v) is 21.0. The molecule has 180 valence electrons. The zero-order chi connectivity index (χ0) is 24.5. The second kappa shape index (κ2) is 12.6. The van der Waals surface area contributed by atoms with Gasteiger partial charge in [-0.25, -0.2) is 4.79 Å². The number of thioether (sulfide) groups is 1. The molecule has 0 spiro atoms. The van der Waals surface area contributed by atoms with Crippen LogP contribution in [0, 0.1) is 0 Å². The molecule has 0 radical (unpaired) electrons. The molecule has 0 aliphatic heterocycles. The topological polar surface area (TPSA) is 95.3 Å². The Morgan fingerprint density at radius 1 is 1.12 bits per heavy atom. The van der Waals surface area contributed by atoms with Crippen LogP contribution in [0.25, 0.3) is 0 Å². The van der Waals surface area contributed by atoms with E-state index in [0.29, 0.717) is 51.8 Å². The van der Waals surface area contributed by atoms with Gasteiger partial charge in [0, 0.05) is 24.2 Å². The summed E-state index contributed by atoms with van der Waals surface area (Å²) in [5, 5.41) is 12.9. The first kappa shape index (κ1) is 25.9. The lowest BCUT2D eigenvalue weighted by Crippen LogP contribution is -2.14. The highest BCUT2D eigenvalue weighted by Gasteiger charge is 2.13. The number of aryl methyl sites for hydroxylation is 1. The van der Waals surface area contributed by atoms with Crippen LogP contribution in [-0.4, -0.2) is 45.6 Å². The van der Waals surface area contributed by atoms with Gasteiger partial charge in [0.05, 0.1) is 29.6 Å². The lowest BCUT2D eigenvalue weighted by molar-refractivity contribution is -0.113. The molecule has 0 saturated carbocycles. The molecule has 11 heteroatoms. The van der Waals surface area contributed by atoms with Gasteiger partial charge in [-0.3, -0.25) is 4.79 Å². The molecule has 8 nitrogen and oxygen atoms in total. The van der Waals surface area contributed by atoms with E-state index in [2.05, 4.69) is 15.5 Å². The van der Waals surface area contributed by atoms with Gasteiger partial charge in [-0.1, -0.05) is 35.0 Å². The van der Waals surface area contributed by atoms with Gasteiger partial charge < -0.3 is 19.4 Å². The van der Waals surface area contributed by atoms with Crippen molar-refractivity contribution in [3.8, 4) is 5.75 Å². The standard InChI is InChI=1S/C23H24Cl2N4O4S/c1-3-32-22(31)15-6-9-17(10-7-15)26-21(30)14-34-23-28-27-20(29(23)2)5-4-12-33-19-11-8-16(24)13-18(19)25/h6-11,13H,3-5,12,14H2,1-2H3,(H,26,30). The van der Waals surface area contributed by atoms with Crippen LogP contribution >= 0.6 is 35.0 Å².